The van der Waals surface area contributed by atoms with Crippen LogP contribution in [0.4, 0.5) is 5.69 Å². The standard InChI is InChI=1S/C20H30N2O2/c1-14-12-15(2)20(16(3)13-14)22(17(4)23)11-10-19(24)21-18-8-6-5-7-9-18/h12-13,18H,5-11H2,1-4H3,(H,21,24). The number of hydrogen-bond donors (Lipinski definition) is 1. The number of amides is 2. The van der Waals surface area contributed by atoms with Crippen molar-refractivity contribution in [3.8, 4) is 0 Å². The molecule has 0 radical (unpaired) electrons. The number of carbonyl (C=O) groups excluding carboxylic acids is 2. The summed E-state index contributed by atoms with van der Waals surface area (Å²) in [7, 11) is 0. The van der Waals surface area contributed by atoms with Gasteiger partial charge in [-0.05, 0) is 44.7 Å². The Bertz CT molecular complexity index is 581. The van der Waals surface area contributed by atoms with Crippen LogP contribution in [-0.2, 0) is 9.59 Å². The van der Waals surface area contributed by atoms with E-state index in [0.29, 0.717) is 19.0 Å². The summed E-state index contributed by atoms with van der Waals surface area (Å²) in [5.74, 6) is 0.0334. The van der Waals surface area contributed by atoms with Crippen molar-refractivity contribution < 1.29 is 9.59 Å². The molecule has 0 bridgehead atoms. The lowest BCUT2D eigenvalue weighted by Gasteiger charge is -2.26. The van der Waals surface area contributed by atoms with Gasteiger partial charge in [0.2, 0.25) is 11.8 Å². The average molecular weight is 330 g/mol. The third-order valence-electron chi connectivity index (χ3n) is 4.82. The molecule has 2 amide bonds. The van der Waals surface area contributed by atoms with E-state index in [1.807, 2.05) is 13.8 Å². The second-order valence-corrected chi connectivity index (χ2v) is 7.07. The number of nitrogens with zero attached hydrogens (tertiary/aromatic N) is 1. The minimum absolute atomic E-state index is 0.0180. The van der Waals surface area contributed by atoms with Crippen LogP contribution in [-0.4, -0.2) is 24.4 Å². The first kappa shape index (κ1) is 18.5. The lowest BCUT2D eigenvalue weighted by atomic mass is 9.95. The Morgan fingerprint density at radius 3 is 2.21 bits per heavy atom. The zero-order valence-corrected chi connectivity index (χ0v) is 15.4. The number of hydrogen-bond acceptors (Lipinski definition) is 2. The molecule has 0 aliphatic heterocycles. The molecule has 1 fully saturated rings. The monoisotopic (exact) mass is 330 g/mol. The topological polar surface area (TPSA) is 49.4 Å². The van der Waals surface area contributed by atoms with Crippen molar-refractivity contribution >= 4 is 17.5 Å². The zero-order chi connectivity index (χ0) is 17.7. The molecule has 132 valence electrons. The largest absolute Gasteiger partial charge is 0.353 e. The summed E-state index contributed by atoms with van der Waals surface area (Å²) in [5.41, 5.74) is 4.29. The number of carbonyl (C=O) groups is 2. The molecule has 4 heteroatoms. The number of anilines is 1. The molecule has 0 aromatic heterocycles. The minimum Gasteiger partial charge on any atom is -0.353 e. The van der Waals surface area contributed by atoms with Crippen molar-refractivity contribution in [3.05, 3.63) is 28.8 Å². The molecule has 1 aromatic carbocycles. The van der Waals surface area contributed by atoms with Gasteiger partial charge in [-0.3, -0.25) is 9.59 Å². The number of aryl methyl sites for hydroxylation is 3. The fraction of sp³-hybridized carbons (Fsp3) is 0.600. The van der Waals surface area contributed by atoms with Crippen LogP contribution < -0.4 is 10.2 Å². The molecule has 0 saturated heterocycles. The van der Waals surface area contributed by atoms with Gasteiger partial charge >= 0.3 is 0 Å². The van der Waals surface area contributed by atoms with E-state index < -0.39 is 0 Å². The van der Waals surface area contributed by atoms with E-state index in [-0.39, 0.29) is 11.8 Å². The molecule has 0 heterocycles. The summed E-state index contributed by atoms with van der Waals surface area (Å²) in [5, 5.41) is 3.13. The van der Waals surface area contributed by atoms with Gasteiger partial charge in [0, 0.05) is 31.6 Å². The third-order valence-corrected chi connectivity index (χ3v) is 4.82. The first-order valence-corrected chi connectivity index (χ1v) is 9.04. The van der Waals surface area contributed by atoms with Gasteiger partial charge in [-0.2, -0.15) is 0 Å². The van der Waals surface area contributed by atoms with E-state index in [2.05, 4.69) is 24.4 Å². The van der Waals surface area contributed by atoms with Crippen LogP contribution in [0.15, 0.2) is 12.1 Å². The Labute approximate surface area is 145 Å². The van der Waals surface area contributed by atoms with Crippen molar-refractivity contribution in [1.82, 2.24) is 5.32 Å². The molecule has 1 aliphatic rings. The van der Waals surface area contributed by atoms with E-state index in [0.717, 1.165) is 29.7 Å². The van der Waals surface area contributed by atoms with Crippen molar-refractivity contribution in [3.63, 3.8) is 0 Å². The maximum absolute atomic E-state index is 12.2. The van der Waals surface area contributed by atoms with Gasteiger partial charge in [-0.1, -0.05) is 37.0 Å². The lowest BCUT2D eigenvalue weighted by molar-refractivity contribution is -0.121. The number of benzene rings is 1. The summed E-state index contributed by atoms with van der Waals surface area (Å²) in [6.07, 6.45) is 6.19. The van der Waals surface area contributed by atoms with E-state index in [1.165, 1.54) is 24.8 Å². The van der Waals surface area contributed by atoms with Gasteiger partial charge in [0.1, 0.15) is 0 Å². The van der Waals surface area contributed by atoms with Crippen LogP contribution in [0.3, 0.4) is 0 Å². The van der Waals surface area contributed by atoms with Gasteiger partial charge in [0.05, 0.1) is 0 Å². The highest BCUT2D eigenvalue weighted by molar-refractivity contribution is 5.94. The average Bonchev–Trinajstić information content (AvgIpc) is 2.50. The van der Waals surface area contributed by atoms with Crippen molar-refractivity contribution in [2.45, 2.75) is 72.3 Å². The summed E-state index contributed by atoms with van der Waals surface area (Å²) in [4.78, 5) is 26.1. The molecule has 0 unspecified atom stereocenters. The zero-order valence-electron chi connectivity index (χ0n) is 15.4. The van der Waals surface area contributed by atoms with E-state index in [9.17, 15) is 9.59 Å². The lowest BCUT2D eigenvalue weighted by Crippen LogP contribution is -2.39. The molecular formula is C20H30N2O2. The van der Waals surface area contributed by atoms with E-state index in [4.69, 9.17) is 0 Å². The molecule has 1 aromatic rings. The maximum Gasteiger partial charge on any atom is 0.223 e. The second kappa shape index (κ2) is 8.32. The van der Waals surface area contributed by atoms with Crippen LogP contribution in [0, 0.1) is 20.8 Å². The van der Waals surface area contributed by atoms with Gasteiger partial charge in [-0.25, -0.2) is 0 Å². The Hall–Kier alpha value is -1.84. The summed E-state index contributed by atoms with van der Waals surface area (Å²) in [6.45, 7) is 8.09. The molecule has 1 aliphatic carbocycles. The highest BCUT2D eigenvalue weighted by atomic mass is 16.2. The minimum atomic E-state index is -0.0180. The predicted molar refractivity (Wildman–Crippen MR) is 98.3 cm³/mol. The number of nitrogens with one attached hydrogen (secondary N) is 1. The molecular weight excluding hydrogens is 300 g/mol. The quantitative estimate of drug-likeness (QED) is 0.892. The van der Waals surface area contributed by atoms with Gasteiger partial charge < -0.3 is 10.2 Å². The number of rotatable bonds is 5. The van der Waals surface area contributed by atoms with Crippen LogP contribution in [0.1, 0.15) is 62.1 Å². The maximum atomic E-state index is 12.2. The van der Waals surface area contributed by atoms with Gasteiger partial charge in [0.15, 0.2) is 0 Å². The normalized spacial score (nSPS) is 15.2. The Kier molecular flexibility index (Phi) is 6.41. The molecule has 0 spiro atoms. The predicted octanol–water partition coefficient (Wildman–Crippen LogP) is 3.80. The molecule has 24 heavy (non-hydrogen) atoms. The highest BCUT2D eigenvalue weighted by Gasteiger charge is 2.20. The fourth-order valence-electron chi connectivity index (χ4n) is 3.78. The first-order valence-electron chi connectivity index (χ1n) is 9.04. The van der Waals surface area contributed by atoms with Crippen molar-refractivity contribution in [2.24, 2.45) is 0 Å². The summed E-state index contributed by atoms with van der Waals surface area (Å²) >= 11 is 0. The van der Waals surface area contributed by atoms with E-state index >= 15 is 0 Å². The molecule has 2 rings (SSSR count). The summed E-state index contributed by atoms with van der Waals surface area (Å²) in [6, 6.07) is 4.49. The van der Waals surface area contributed by atoms with Crippen LogP contribution in [0.25, 0.3) is 0 Å². The first-order chi connectivity index (χ1) is 11.4. The van der Waals surface area contributed by atoms with Gasteiger partial charge in [0.25, 0.3) is 0 Å². The SMILES string of the molecule is CC(=O)N(CCC(=O)NC1CCCCC1)c1c(C)cc(C)cc1C. The molecule has 0 atom stereocenters. The van der Waals surface area contributed by atoms with Crippen LogP contribution in [0.5, 0.6) is 0 Å². The van der Waals surface area contributed by atoms with E-state index in [1.54, 1.807) is 11.8 Å². The van der Waals surface area contributed by atoms with Crippen LogP contribution >= 0.6 is 0 Å². The van der Waals surface area contributed by atoms with Gasteiger partial charge in [-0.15, -0.1) is 0 Å². The fourth-order valence-corrected chi connectivity index (χ4v) is 3.78. The molecule has 4 nitrogen and oxygen atoms in total. The van der Waals surface area contributed by atoms with Crippen LogP contribution in [0.2, 0.25) is 0 Å². The molecule has 1 N–H and O–H groups in total. The van der Waals surface area contributed by atoms with Crippen molar-refractivity contribution in [1.29, 1.82) is 0 Å². The Morgan fingerprint density at radius 1 is 1.08 bits per heavy atom. The summed E-state index contributed by atoms with van der Waals surface area (Å²) < 4.78 is 0. The smallest absolute Gasteiger partial charge is 0.223 e. The molecule has 1 saturated carbocycles. The Morgan fingerprint density at radius 2 is 1.67 bits per heavy atom. The second-order valence-electron chi connectivity index (χ2n) is 7.07. The van der Waals surface area contributed by atoms with Crippen molar-refractivity contribution in [2.75, 3.05) is 11.4 Å². The Balaban J connectivity index is 2.01. The highest BCUT2D eigenvalue weighted by Crippen LogP contribution is 2.26. The third kappa shape index (κ3) is 4.83.